The lowest BCUT2D eigenvalue weighted by Crippen LogP contribution is -2.42. The zero-order valence-corrected chi connectivity index (χ0v) is 12.6. The van der Waals surface area contributed by atoms with Gasteiger partial charge in [-0.25, -0.2) is 4.79 Å². The number of benzene rings is 1. The van der Waals surface area contributed by atoms with Crippen LogP contribution in [-0.4, -0.2) is 56.9 Å². The first-order chi connectivity index (χ1) is 10.1. The Morgan fingerprint density at radius 2 is 2.19 bits per heavy atom. The fourth-order valence-corrected chi connectivity index (χ4v) is 2.47. The summed E-state index contributed by atoms with van der Waals surface area (Å²) in [6.07, 6.45) is 0. The van der Waals surface area contributed by atoms with Crippen LogP contribution in [0.3, 0.4) is 0 Å². The maximum Gasteiger partial charge on any atom is 0.340 e. The number of nitrogens with two attached hydrogens (primary N) is 1. The highest BCUT2D eigenvalue weighted by Gasteiger charge is 2.18. The van der Waals surface area contributed by atoms with Crippen LogP contribution >= 0.6 is 0 Å². The maximum absolute atomic E-state index is 11.8. The molecule has 1 saturated heterocycles. The van der Waals surface area contributed by atoms with Gasteiger partial charge in [-0.3, -0.25) is 4.90 Å². The number of nitrogens with one attached hydrogen (secondary N) is 1. The number of para-hydroxylation sites is 1. The molecule has 0 radical (unpaired) electrons. The molecule has 6 nitrogen and oxygen atoms in total. The van der Waals surface area contributed by atoms with E-state index in [2.05, 4.69) is 17.1 Å². The Hall–Kier alpha value is -1.79. The lowest BCUT2D eigenvalue weighted by molar-refractivity contribution is 0.0368. The molecule has 2 rings (SSSR count). The van der Waals surface area contributed by atoms with Crippen LogP contribution in [0.4, 0.5) is 11.4 Å². The van der Waals surface area contributed by atoms with Crippen LogP contribution in [0.1, 0.15) is 17.3 Å². The molecule has 0 aromatic heterocycles. The summed E-state index contributed by atoms with van der Waals surface area (Å²) in [5.74, 6) is -0.386. The molecular formula is C15H23N3O3. The monoisotopic (exact) mass is 293 g/mol. The molecule has 1 aliphatic rings. The fraction of sp³-hybridized carbons (Fsp3) is 0.533. The molecule has 0 spiro atoms. The third kappa shape index (κ3) is 4.09. The van der Waals surface area contributed by atoms with Gasteiger partial charge in [-0.15, -0.1) is 0 Å². The molecule has 0 saturated carbocycles. The van der Waals surface area contributed by atoms with Crippen molar-refractivity contribution in [1.29, 1.82) is 0 Å². The van der Waals surface area contributed by atoms with Gasteiger partial charge in [0.15, 0.2) is 0 Å². The molecule has 1 atom stereocenters. The Morgan fingerprint density at radius 3 is 2.86 bits per heavy atom. The minimum absolute atomic E-state index is 0.163. The summed E-state index contributed by atoms with van der Waals surface area (Å²) in [5, 5.41) is 3.33. The van der Waals surface area contributed by atoms with E-state index in [0.717, 1.165) is 32.8 Å². The van der Waals surface area contributed by atoms with Crippen molar-refractivity contribution < 1.29 is 14.3 Å². The lowest BCUT2D eigenvalue weighted by Gasteiger charge is -2.30. The molecule has 1 unspecified atom stereocenters. The Balaban J connectivity index is 2.05. The summed E-state index contributed by atoms with van der Waals surface area (Å²) in [4.78, 5) is 14.1. The first-order valence-electron chi connectivity index (χ1n) is 7.15. The van der Waals surface area contributed by atoms with Gasteiger partial charge < -0.3 is 20.5 Å². The van der Waals surface area contributed by atoms with Gasteiger partial charge in [0.2, 0.25) is 0 Å². The van der Waals surface area contributed by atoms with Crippen molar-refractivity contribution in [2.75, 3.05) is 51.0 Å². The number of hydrogen-bond donors (Lipinski definition) is 2. The Labute approximate surface area is 125 Å². The average Bonchev–Trinajstić information content (AvgIpc) is 2.49. The first kappa shape index (κ1) is 15.6. The van der Waals surface area contributed by atoms with Crippen LogP contribution in [0.2, 0.25) is 0 Å². The number of nitrogens with zero attached hydrogens (tertiary/aromatic N) is 1. The normalized spacial score (nSPS) is 17.2. The van der Waals surface area contributed by atoms with E-state index in [4.69, 9.17) is 15.2 Å². The highest BCUT2D eigenvalue weighted by Crippen LogP contribution is 2.25. The van der Waals surface area contributed by atoms with E-state index in [0.29, 0.717) is 16.9 Å². The highest BCUT2D eigenvalue weighted by atomic mass is 16.5. The number of nitrogen functional groups attached to an aromatic ring is 1. The number of carbonyl (C=O) groups excluding carboxylic acids is 1. The van der Waals surface area contributed by atoms with E-state index < -0.39 is 0 Å². The van der Waals surface area contributed by atoms with Gasteiger partial charge in [-0.2, -0.15) is 0 Å². The fourth-order valence-electron chi connectivity index (χ4n) is 2.47. The first-order valence-corrected chi connectivity index (χ1v) is 7.15. The number of hydrogen-bond acceptors (Lipinski definition) is 6. The summed E-state index contributed by atoms with van der Waals surface area (Å²) < 4.78 is 10.1. The van der Waals surface area contributed by atoms with E-state index in [1.54, 1.807) is 18.2 Å². The molecule has 1 heterocycles. The van der Waals surface area contributed by atoms with Gasteiger partial charge in [-0.1, -0.05) is 6.07 Å². The van der Waals surface area contributed by atoms with Gasteiger partial charge in [0, 0.05) is 25.7 Å². The second-order valence-corrected chi connectivity index (χ2v) is 5.22. The maximum atomic E-state index is 11.8. The Kier molecular flexibility index (Phi) is 5.41. The van der Waals surface area contributed by atoms with Crippen molar-refractivity contribution in [3.8, 4) is 0 Å². The van der Waals surface area contributed by atoms with Crippen LogP contribution < -0.4 is 11.1 Å². The van der Waals surface area contributed by atoms with Gasteiger partial charge in [0.05, 0.1) is 37.3 Å². The van der Waals surface area contributed by atoms with E-state index in [-0.39, 0.29) is 12.0 Å². The minimum Gasteiger partial charge on any atom is -0.465 e. The van der Waals surface area contributed by atoms with Gasteiger partial charge in [0.1, 0.15) is 0 Å². The summed E-state index contributed by atoms with van der Waals surface area (Å²) in [6.45, 7) is 6.35. The molecule has 0 bridgehead atoms. The lowest BCUT2D eigenvalue weighted by atomic mass is 10.1. The summed E-state index contributed by atoms with van der Waals surface area (Å²) in [5.41, 5.74) is 7.65. The number of ether oxygens (including phenoxy) is 2. The van der Waals surface area contributed by atoms with Crippen molar-refractivity contribution >= 4 is 17.3 Å². The third-order valence-electron chi connectivity index (χ3n) is 3.53. The van der Waals surface area contributed by atoms with E-state index in [1.807, 2.05) is 0 Å². The number of esters is 1. The van der Waals surface area contributed by atoms with Crippen molar-refractivity contribution in [3.05, 3.63) is 23.8 Å². The number of methoxy groups -OCH3 is 1. The Morgan fingerprint density at radius 1 is 1.48 bits per heavy atom. The van der Waals surface area contributed by atoms with Crippen LogP contribution in [0.5, 0.6) is 0 Å². The van der Waals surface area contributed by atoms with Gasteiger partial charge in [-0.05, 0) is 19.1 Å². The molecule has 1 fully saturated rings. The van der Waals surface area contributed by atoms with Crippen molar-refractivity contribution in [2.45, 2.75) is 13.0 Å². The minimum atomic E-state index is -0.386. The number of rotatable bonds is 5. The van der Waals surface area contributed by atoms with E-state index in [1.165, 1.54) is 7.11 Å². The largest absolute Gasteiger partial charge is 0.465 e. The smallest absolute Gasteiger partial charge is 0.340 e. The zero-order valence-electron chi connectivity index (χ0n) is 12.6. The molecule has 116 valence electrons. The quantitative estimate of drug-likeness (QED) is 0.627. The predicted octanol–water partition coefficient (Wildman–Crippen LogP) is 1.19. The average molecular weight is 293 g/mol. The topological polar surface area (TPSA) is 76.8 Å². The van der Waals surface area contributed by atoms with Gasteiger partial charge >= 0.3 is 5.97 Å². The number of carbonyl (C=O) groups is 1. The number of anilines is 2. The molecule has 3 N–H and O–H groups in total. The molecule has 6 heteroatoms. The van der Waals surface area contributed by atoms with Crippen LogP contribution in [-0.2, 0) is 9.47 Å². The van der Waals surface area contributed by atoms with E-state index >= 15 is 0 Å². The summed E-state index contributed by atoms with van der Waals surface area (Å²) in [7, 11) is 1.37. The van der Waals surface area contributed by atoms with E-state index in [9.17, 15) is 4.79 Å². The van der Waals surface area contributed by atoms with Crippen molar-refractivity contribution in [2.24, 2.45) is 0 Å². The molecule has 1 aromatic carbocycles. The molecule has 0 aliphatic carbocycles. The predicted molar refractivity (Wildman–Crippen MR) is 82.5 cm³/mol. The molecular weight excluding hydrogens is 270 g/mol. The number of morpholine rings is 1. The zero-order chi connectivity index (χ0) is 15.2. The second kappa shape index (κ2) is 7.28. The SMILES string of the molecule is COC(=O)c1cccc(N)c1NC(C)CN1CCOCC1. The summed E-state index contributed by atoms with van der Waals surface area (Å²) in [6, 6.07) is 5.40. The standard InChI is InChI=1S/C15H23N3O3/c1-11(10-18-6-8-21-9-7-18)17-14-12(15(19)20-2)4-3-5-13(14)16/h3-5,11,17H,6-10,16H2,1-2H3. The second-order valence-electron chi connectivity index (χ2n) is 5.22. The van der Waals surface area contributed by atoms with Crippen LogP contribution in [0.25, 0.3) is 0 Å². The van der Waals surface area contributed by atoms with Crippen molar-refractivity contribution in [1.82, 2.24) is 4.90 Å². The highest BCUT2D eigenvalue weighted by molar-refractivity contribution is 5.98. The molecule has 21 heavy (non-hydrogen) atoms. The molecule has 1 aliphatic heterocycles. The third-order valence-corrected chi connectivity index (χ3v) is 3.53. The molecule has 0 amide bonds. The van der Waals surface area contributed by atoms with Crippen molar-refractivity contribution in [3.63, 3.8) is 0 Å². The van der Waals surface area contributed by atoms with Gasteiger partial charge in [0.25, 0.3) is 0 Å². The van der Waals surface area contributed by atoms with Crippen LogP contribution in [0, 0.1) is 0 Å². The Bertz CT molecular complexity index is 487. The molecule has 1 aromatic rings. The van der Waals surface area contributed by atoms with Crippen LogP contribution in [0.15, 0.2) is 18.2 Å². The summed E-state index contributed by atoms with van der Waals surface area (Å²) >= 11 is 0.